The van der Waals surface area contributed by atoms with E-state index >= 15 is 0 Å². The number of hydrazine groups is 1. The molecule has 7 heteroatoms. The quantitative estimate of drug-likeness (QED) is 0.346. The minimum absolute atomic E-state index is 0.181. The van der Waals surface area contributed by atoms with Crippen LogP contribution in [0.15, 0.2) is 24.3 Å². The molecule has 0 saturated heterocycles. The maximum atomic E-state index is 11.6. The van der Waals surface area contributed by atoms with E-state index in [-0.39, 0.29) is 12.5 Å². The van der Waals surface area contributed by atoms with Gasteiger partial charge in [-0.1, -0.05) is 17.7 Å². The number of carbonyl (C=O) groups is 1. The molecule has 0 bridgehead atoms. The molecule has 0 atom stereocenters. The molecule has 0 fully saturated rings. The molecule has 0 aliphatic rings. The lowest BCUT2D eigenvalue weighted by Crippen LogP contribution is -3.06. The van der Waals surface area contributed by atoms with Crippen LogP contribution in [0.5, 0.6) is 0 Å². The zero-order valence-electron chi connectivity index (χ0n) is 12.7. The largest absolute Gasteiger partial charge is 0.376 e. The summed E-state index contributed by atoms with van der Waals surface area (Å²) in [5.41, 5.74) is 7.30. The van der Waals surface area contributed by atoms with Gasteiger partial charge < -0.3 is 15.5 Å². The van der Waals surface area contributed by atoms with Crippen LogP contribution in [-0.4, -0.2) is 44.7 Å². The van der Waals surface area contributed by atoms with Crippen LogP contribution in [0.25, 0.3) is 0 Å². The normalized spacial score (nSPS) is 10.1. The zero-order valence-corrected chi connectivity index (χ0v) is 13.6. The van der Waals surface area contributed by atoms with Gasteiger partial charge in [0.25, 0.3) is 5.91 Å². The van der Waals surface area contributed by atoms with Gasteiger partial charge in [-0.2, -0.15) is 0 Å². The number of anilines is 1. The van der Waals surface area contributed by atoms with E-state index < -0.39 is 0 Å². The summed E-state index contributed by atoms with van der Waals surface area (Å²) in [4.78, 5) is 13.0. The Hall–Kier alpha value is -1.86. The third-order valence-corrected chi connectivity index (χ3v) is 2.98. The number of rotatable bonds is 6. The second-order valence-corrected chi connectivity index (χ2v) is 5.51. The minimum atomic E-state index is -0.182. The molecule has 21 heavy (non-hydrogen) atoms. The van der Waals surface area contributed by atoms with E-state index in [1.165, 1.54) is 10.5 Å². The number of quaternary nitrogens is 1. The summed E-state index contributed by atoms with van der Waals surface area (Å²) in [6.45, 7) is 3.91. The Morgan fingerprint density at radius 3 is 2.48 bits per heavy atom. The minimum Gasteiger partial charge on any atom is -0.376 e. The summed E-state index contributed by atoms with van der Waals surface area (Å²) in [7, 11) is 4.13. The first kappa shape index (κ1) is 17.2. The third kappa shape index (κ3) is 8.11. The van der Waals surface area contributed by atoms with Gasteiger partial charge in [0.2, 0.25) is 0 Å². The topological polar surface area (TPSA) is 69.6 Å². The SMILES string of the molecule is Cc1ccc(NCC(=O)NNC(=S)NCC[NH+](C)C)cc1. The number of amides is 1. The highest BCUT2D eigenvalue weighted by Gasteiger charge is 2.02. The number of hydrogen-bond acceptors (Lipinski definition) is 3. The van der Waals surface area contributed by atoms with Gasteiger partial charge in [0.1, 0.15) is 0 Å². The number of hydrogen-bond donors (Lipinski definition) is 5. The second kappa shape index (κ2) is 9.15. The molecule has 0 spiro atoms. The van der Waals surface area contributed by atoms with Gasteiger partial charge in [0, 0.05) is 5.69 Å². The van der Waals surface area contributed by atoms with Crippen LogP contribution in [0.4, 0.5) is 5.69 Å². The molecule has 0 saturated carbocycles. The molecule has 0 aliphatic carbocycles. The van der Waals surface area contributed by atoms with Crippen molar-refractivity contribution >= 4 is 28.9 Å². The lowest BCUT2D eigenvalue weighted by atomic mass is 10.2. The molecule has 1 rings (SSSR count). The van der Waals surface area contributed by atoms with Crippen LogP contribution in [0, 0.1) is 6.92 Å². The average molecular weight is 310 g/mol. The van der Waals surface area contributed by atoms with Gasteiger partial charge in [-0.25, -0.2) is 0 Å². The number of benzene rings is 1. The zero-order chi connectivity index (χ0) is 15.7. The molecular weight excluding hydrogens is 286 g/mol. The average Bonchev–Trinajstić information content (AvgIpc) is 2.44. The number of nitrogens with one attached hydrogen (secondary N) is 5. The van der Waals surface area contributed by atoms with Crippen molar-refractivity contribution in [1.82, 2.24) is 16.2 Å². The van der Waals surface area contributed by atoms with Crippen molar-refractivity contribution in [2.24, 2.45) is 0 Å². The Bertz CT molecular complexity index is 461. The maximum Gasteiger partial charge on any atom is 0.257 e. The molecule has 0 unspecified atom stereocenters. The van der Waals surface area contributed by atoms with E-state index in [1.807, 2.05) is 31.2 Å². The van der Waals surface area contributed by atoms with E-state index in [0.29, 0.717) is 5.11 Å². The molecule has 116 valence electrons. The molecule has 0 aromatic heterocycles. The van der Waals surface area contributed by atoms with E-state index in [4.69, 9.17) is 12.2 Å². The van der Waals surface area contributed by atoms with Gasteiger partial charge in [0.15, 0.2) is 5.11 Å². The molecule has 0 aliphatic heterocycles. The van der Waals surface area contributed by atoms with Crippen molar-refractivity contribution in [3.63, 3.8) is 0 Å². The molecule has 0 radical (unpaired) electrons. The van der Waals surface area contributed by atoms with Crippen LogP contribution in [0.3, 0.4) is 0 Å². The lowest BCUT2D eigenvalue weighted by Gasteiger charge is -2.13. The predicted molar refractivity (Wildman–Crippen MR) is 89.2 cm³/mol. The monoisotopic (exact) mass is 310 g/mol. The Morgan fingerprint density at radius 1 is 1.19 bits per heavy atom. The van der Waals surface area contributed by atoms with E-state index in [9.17, 15) is 4.79 Å². The van der Waals surface area contributed by atoms with Crippen LogP contribution in [0.2, 0.25) is 0 Å². The lowest BCUT2D eigenvalue weighted by molar-refractivity contribution is -0.856. The molecule has 0 heterocycles. The summed E-state index contributed by atoms with van der Waals surface area (Å²) < 4.78 is 0. The first-order valence-corrected chi connectivity index (χ1v) is 7.30. The van der Waals surface area contributed by atoms with Crippen molar-refractivity contribution in [3.8, 4) is 0 Å². The smallest absolute Gasteiger partial charge is 0.257 e. The van der Waals surface area contributed by atoms with Crippen molar-refractivity contribution in [1.29, 1.82) is 0 Å². The first-order valence-electron chi connectivity index (χ1n) is 6.89. The maximum absolute atomic E-state index is 11.6. The molecule has 5 N–H and O–H groups in total. The van der Waals surface area contributed by atoms with Gasteiger partial charge in [-0.05, 0) is 31.3 Å². The highest BCUT2D eigenvalue weighted by Crippen LogP contribution is 2.07. The Labute approximate surface area is 131 Å². The number of aryl methyl sites for hydroxylation is 1. The first-order chi connectivity index (χ1) is 9.97. The fourth-order valence-corrected chi connectivity index (χ4v) is 1.65. The standard InChI is InChI=1S/C14H23N5OS/c1-11-4-6-12(7-5-11)16-10-13(20)17-18-14(21)15-8-9-19(2)3/h4-7,16H,8-10H2,1-3H3,(H,17,20)(H2,15,18,21)/p+1. The summed E-state index contributed by atoms with van der Waals surface area (Å²) in [5.74, 6) is -0.182. The van der Waals surface area contributed by atoms with Crippen molar-refractivity contribution in [2.75, 3.05) is 39.0 Å². The van der Waals surface area contributed by atoms with Crippen LogP contribution < -0.4 is 26.4 Å². The Balaban J connectivity index is 2.16. The molecular formula is C14H24N5OS+. The van der Waals surface area contributed by atoms with Crippen molar-refractivity contribution < 1.29 is 9.69 Å². The summed E-state index contributed by atoms with van der Waals surface area (Å²) in [6.07, 6.45) is 0. The molecule has 1 aromatic carbocycles. The van der Waals surface area contributed by atoms with Crippen molar-refractivity contribution in [2.45, 2.75) is 6.92 Å². The number of carbonyl (C=O) groups excluding carboxylic acids is 1. The van der Waals surface area contributed by atoms with E-state index in [1.54, 1.807) is 0 Å². The number of thiocarbonyl (C=S) groups is 1. The fraction of sp³-hybridized carbons (Fsp3) is 0.429. The van der Waals surface area contributed by atoms with Crippen LogP contribution >= 0.6 is 12.2 Å². The van der Waals surface area contributed by atoms with E-state index in [2.05, 4.69) is 35.6 Å². The van der Waals surface area contributed by atoms with Gasteiger partial charge in [0.05, 0.1) is 33.7 Å². The fourth-order valence-electron chi connectivity index (χ4n) is 1.49. The third-order valence-electron chi connectivity index (χ3n) is 2.73. The van der Waals surface area contributed by atoms with Gasteiger partial charge in [-0.15, -0.1) is 0 Å². The second-order valence-electron chi connectivity index (χ2n) is 5.11. The predicted octanol–water partition coefficient (Wildman–Crippen LogP) is -0.953. The number of likely N-dealkylation sites (N-methyl/N-ethyl adjacent to an activating group) is 1. The van der Waals surface area contributed by atoms with Crippen LogP contribution in [-0.2, 0) is 4.79 Å². The summed E-state index contributed by atoms with van der Waals surface area (Å²) in [5, 5.41) is 6.46. The highest BCUT2D eigenvalue weighted by atomic mass is 32.1. The van der Waals surface area contributed by atoms with E-state index in [0.717, 1.165) is 18.8 Å². The van der Waals surface area contributed by atoms with Gasteiger partial charge in [-0.3, -0.25) is 15.6 Å². The highest BCUT2D eigenvalue weighted by molar-refractivity contribution is 7.80. The van der Waals surface area contributed by atoms with Crippen LogP contribution in [0.1, 0.15) is 5.56 Å². The summed E-state index contributed by atoms with van der Waals surface area (Å²) >= 11 is 5.05. The van der Waals surface area contributed by atoms with Gasteiger partial charge >= 0.3 is 0 Å². The Kier molecular flexibility index (Phi) is 7.49. The molecule has 6 nitrogen and oxygen atoms in total. The molecule has 1 aromatic rings. The van der Waals surface area contributed by atoms with Crippen molar-refractivity contribution in [3.05, 3.63) is 29.8 Å². The molecule has 1 amide bonds. The summed E-state index contributed by atoms with van der Waals surface area (Å²) in [6, 6.07) is 7.85. The Morgan fingerprint density at radius 2 is 1.86 bits per heavy atom.